The van der Waals surface area contributed by atoms with Crippen molar-refractivity contribution in [3.8, 4) is 0 Å². The number of rotatable bonds is 4. The normalized spacial score (nSPS) is 20.9. The number of amides is 1. The summed E-state index contributed by atoms with van der Waals surface area (Å²) in [5.74, 6) is -2.37. The van der Waals surface area contributed by atoms with Crippen LogP contribution >= 0.6 is 0 Å². The number of nitrogens with zero attached hydrogens (tertiary/aromatic N) is 1. The Labute approximate surface area is 121 Å². The standard InChI is InChI=1S/C13H16F2N2O3S/c1-8(11-3-2-10(14)5-12(11)15)17-6-9(4-13(17)18)7-21(16,19)20/h2-3,5,8-9H,4,6-7H2,1H3,(H2,16,19,20). The molecule has 1 aliphatic rings. The predicted octanol–water partition coefficient (Wildman–Crippen LogP) is 1.16. The van der Waals surface area contributed by atoms with Crippen LogP contribution in [0.15, 0.2) is 18.2 Å². The molecule has 8 heteroatoms. The van der Waals surface area contributed by atoms with Crippen LogP contribution < -0.4 is 5.14 Å². The van der Waals surface area contributed by atoms with Gasteiger partial charge in [-0.3, -0.25) is 4.79 Å². The van der Waals surface area contributed by atoms with Gasteiger partial charge in [-0.15, -0.1) is 0 Å². The van der Waals surface area contributed by atoms with Gasteiger partial charge < -0.3 is 4.90 Å². The van der Waals surface area contributed by atoms with Crippen LogP contribution in [-0.4, -0.2) is 31.5 Å². The Balaban J connectivity index is 2.16. The van der Waals surface area contributed by atoms with Gasteiger partial charge in [-0.05, 0) is 13.0 Å². The molecule has 1 aliphatic heterocycles. The molecule has 2 atom stereocenters. The third-order valence-electron chi connectivity index (χ3n) is 3.59. The lowest BCUT2D eigenvalue weighted by atomic mass is 10.1. The molecule has 1 aromatic carbocycles. The van der Waals surface area contributed by atoms with Crippen molar-refractivity contribution in [3.63, 3.8) is 0 Å². The Morgan fingerprint density at radius 3 is 2.67 bits per heavy atom. The fourth-order valence-corrected chi connectivity index (χ4v) is 3.51. The number of likely N-dealkylation sites (tertiary alicyclic amines) is 1. The summed E-state index contributed by atoms with van der Waals surface area (Å²) < 4.78 is 48.8. The molecule has 1 saturated heterocycles. The van der Waals surface area contributed by atoms with Gasteiger partial charge in [-0.25, -0.2) is 22.3 Å². The average Bonchev–Trinajstić information content (AvgIpc) is 2.66. The minimum atomic E-state index is -3.66. The van der Waals surface area contributed by atoms with Gasteiger partial charge in [0.15, 0.2) is 0 Å². The van der Waals surface area contributed by atoms with Gasteiger partial charge >= 0.3 is 0 Å². The topological polar surface area (TPSA) is 80.5 Å². The Bertz CT molecular complexity index is 663. The molecular formula is C13H16F2N2O3S. The highest BCUT2D eigenvalue weighted by molar-refractivity contribution is 7.89. The minimum absolute atomic E-state index is 0.0591. The third-order valence-corrected chi connectivity index (χ3v) is 4.52. The SMILES string of the molecule is CC(c1ccc(F)cc1F)N1CC(CS(N)(=O)=O)CC1=O. The molecule has 1 fully saturated rings. The summed E-state index contributed by atoms with van der Waals surface area (Å²) in [4.78, 5) is 13.4. The summed E-state index contributed by atoms with van der Waals surface area (Å²) in [5, 5.41) is 4.97. The van der Waals surface area contributed by atoms with Crippen molar-refractivity contribution < 1.29 is 22.0 Å². The van der Waals surface area contributed by atoms with Crippen LogP contribution in [0.1, 0.15) is 24.9 Å². The van der Waals surface area contributed by atoms with E-state index in [4.69, 9.17) is 5.14 Å². The molecule has 0 spiro atoms. The summed E-state index contributed by atoms with van der Waals surface area (Å²) in [6.07, 6.45) is 0.0591. The highest BCUT2D eigenvalue weighted by Crippen LogP contribution is 2.30. The first-order valence-corrected chi connectivity index (χ1v) is 8.14. The smallest absolute Gasteiger partial charge is 0.223 e. The number of hydrogen-bond donors (Lipinski definition) is 1. The van der Waals surface area contributed by atoms with Crippen LogP contribution in [0.2, 0.25) is 0 Å². The van der Waals surface area contributed by atoms with E-state index in [0.29, 0.717) is 0 Å². The van der Waals surface area contributed by atoms with E-state index in [1.165, 1.54) is 11.0 Å². The number of benzene rings is 1. The second-order valence-electron chi connectivity index (χ2n) is 5.29. The molecule has 0 radical (unpaired) electrons. The van der Waals surface area contributed by atoms with Crippen LogP contribution in [0.5, 0.6) is 0 Å². The zero-order valence-electron chi connectivity index (χ0n) is 11.4. The Morgan fingerprint density at radius 2 is 2.10 bits per heavy atom. The van der Waals surface area contributed by atoms with Gasteiger partial charge in [0.05, 0.1) is 11.8 Å². The molecule has 21 heavy (non-hydrogen) atoms. The van der Waals surface area contributed by atoms with Crippen molar-refractivity contribution >= 4 is 15.9 Å². The number of halogens is 2. The maximum Gasteiger partial charge on any atom is 0.223 e. The first-order chi connectivity index (χ1) is 9.67. The number of nitrogens with two attached hydrogens (primary N) is 1. The summed E-state index contributed by atoms with van der Waals surface area (Å²) in [7, 11) is -3.66. The van der Waals surface area contributed by atoms with Gasteiger partial charge in [0, 0.05) is 30.5 Å². The molecule has 1 aromatic rings. The zero-order valence-corrected chi connectivity index (χ0v) is 12.2. The second-order valence-corrected chi connectivity index (χ2v) is 6.95. The molecule has 1 heterocycles. The number of hydrogen-bond acceptors (Lipinski definition) is 3. The lowest BCUT2D eigenvalue weighted by molar-refractivity contribution is -0.129. The van der Waals surface area contributed by atoms with Gasteiger partial charge in [-0.1, -0.05) is 6.07 Å². The molecule has 0 saturated carbocycles. The van der Waals surface area contributed by atoms with Crippen molar-refractivity contribution in [3.05, 3.63) is 35.4 Å². The fourth-order valence-electron chi connectivity index (χ4n) is 2.63. The van der Waals surface area contributed by atoms with Crippen molar-refractivity contribution in [2.75, 3.05) is 12.3 Å². The predicted molar refractivity (Wildman–Crippen MR) is 72.6 cm³/mol. The molecule has 2 unspecified atom stereocenters. The van der Waals surface area contributed by atoms with Crippen LogP contribution in [-0.2, 0) is 14.8 Å². The van der Waals surface area contributed by atoms with E-state index < -0.39 is 33.6 Å². The van der Waals surface area contributed by atoms with Gasteiger partial charge in [0.25, 0.3) is 0 Å². The molecule has 5 nitrogen and oxygen atoms in total. The van der Waals surface area contributed by atoms with Crippen LogP contribution in [0, 0.1) is 17.6 Å². The highest BCUT2D eigenvalue weighted by atomic mass is 32.2. The molecule has 116 valence electrons. The van der Waals surface area contributed by atoms with Crippen molar-refractivity contribution in [2.45, 2.75) is 19.4 Å². The van der Waals surface area contributed by atoms with Crippen molar-refractivity contribution in [1.82, 2.24) is 4.90 Å². The lowest BCUT2D eigenvalue weighted by Gasteiger charge is -2.25. The minimum Gasteiger partial charge on any atom is -0.335 e. The van der Waals surface area contributed by atoms with Crippen LogP contribution in [0.25, 0.3) is 0 Å². The fraction of sp³-hybridized carbons (Fsp3) is 0.462. The van der Waals surface area contributed by atoms with E-state index in [2.05, 4.69) is 0 Å². The number of sulfonamides is 1. The highest BCUT2D eigenvalue weighted by Gasteiger charge is 2.35. The summed E-state index contributed by atoms with van der Waals surface area (Å²) in [5.41, 5.74) is 0.195. The maximum absolute atomic E-state index is 13.8. The van der Waals surface area contributed by atoms with Crippen LogP contribution in [0.4, 0.5) is 8.78 Å². The molecule has 0 aromatic heterocycles. The average molecular weight is 318 g/mol. The Kier molecular flexibility index (Phi) is 4.29. The lowest BCUT2D eigenvalue weighted by Crippen LogP contribution is -2.30. The molecule has 1 amide bonds. The summed E-state index contributed by atoms with van der Waals surface area (Å²) in [6, 6.07) is 2.57. The number of carbonyl (C=O) groups is 1. The zero-order chi connectivity index (χ0) is 15.8. The number of primary sulfonamides is 1. The monoisotopic (exact) mass is 318 g/mol. The van der Waals surface area contributed by atoms with Gasteiger partial charge in [0.2, 0.25) is 15.9 Å². The molecule has 0 aliphatic carbocycles. The van der Waals surface area contributed by atoms with Crippen molar-refractivity contribution in [2.24, 2.45) is 11.1 Å². The molecule has 0 bridgehead atoms. The molecule has 2 N–H and O–H groups in total. The summed E-state index contributed by atoms with van der Waals surface area (Å²) >= 11 is 0. The first-order valence-electron chi connectivity index (χ1n) is 6.42. The molecule has 2 rings (SSSR count). The van der Waals surface area contributed by atoms with Crippen molar-refractivity contribution in [1.29, 1.82) is 0 Å². The van der Waals surface area contributed by atoms with E-state index >= 15 is 0 Å². The van der Waals surface area contributed by atoms with Gasteiger partial charge in [-0.2, -0.15) is 0 Å². The molecular weight excluding hydrogens is 302 g/mol. The van der Waals surface area contributed by atoms with E-state index in [1.807, 2.05) is 0 Å². The Hall–Kier alpha value is -1.54. The second kappa shape index (κ2) is 5.69. The van der Waals surface area contributed by atoms with E-state index in [9.17, 15) is 22.0 Å². The Morgan fingerprint density at radius 1 is 1.43 bits per heavy atom. The van der Waals surface area contributed by atoms with Gasteiger partial charge in [0.1, 0.15) is 11.6 Å². The quantitative estimate of drug-likeness (QED) is 0.904. The van der Waals surface area contributed by atoms with E-state index in [-0.39, 0.29) is 30.2 Å². The first kappa shape index (κ1) is 15.8. The largest absolute Gasteiger partial charge is 0.335 e. The summed E-state index contributed by atoms with van der Waals surface area (Å²) in [6.45, 7) is 1.81. The third kappa shape index (κ3) is 3.76. The number of carbonyl (C=O) groups excluding carboxylic acids is 1. The maximum atomic E-state index is 13.8. The van der Waals surface area contributed by atoms with E-state index in [1.54, 1.807) is 6.92 Å². The van der Waals surface area contributed by atoms with Crippen LogP contribution in [0.3, 0.4) is 0 Å². The van der Waals surface area contributed by atoms with E-state index in [0.717, 1.165) is 12.1 Å².